The third kappa shape index (κ3) is 0.895. The number of hydrogen-bond donors (Lipinski definition) is 1. The number of nitriles is 2. The Hall–Kier alpha value is -1.89. The third-order valence-electron chi connectivity index (χ3n) is 5.30. The maximum Gasteiger partial charge on any atom is 0.293 e. The Bertz CT molecular complexity index is 622. The molecule has 4 atom stereocenters. The summed E-state index contributed by atoms with van der Waals surface area (Å²) in [5.74, 6) is -1.45. The molecular weight excluding hydrogens is 256 g/mol. The highest BCUT2D eigenvalue weighted by Crippen LogP contribution is 2.69. The fourth-order valence-electron chi connectivity index (χ4n) is 4.50. The molecule has 5 rings (SSSR count). The number of amidine groups is 1. The van der Waals surface area contributed by atoms with Crippen LogP contribution < -0.4 is 5.73 Å². The van der Waals surface area contributed by atoms with Gasteiger partial charge in [0.2, 0.25) is 0 Å². The van der Waals surface area contributed by atoms with E-state index in [0.717, 1.165) is 12.8 Å². The zero-order chi connectivity index (χ0) is 14.0. The van der Waals surface area contributed by atoms with E-state index in [2.05, 4.69) is 17.1 Å². The highest BCUT2D eigenvalue weighted by molar-refractivity contribution is 5.95. The van der Waals surface area contributed by atoms with Gasteiger partial charge in [-0.1, -0.05) is 12.2 Å². The van der Waals surface area contributed by atoms with Crippen molar-refractivity contribution in [1.82, 2.24) is 0 Å². The number of ether oxygens (including phenoxy) is 2. The summed E-state index contributed by atoms with van der Waals surface area (Å²) in [6.45, 7) is 0.728. The van der Waals surface area contributed by atoms with E-state index < -0.39 is 16.7 Å². The summed E-state index contributed by atoms with van der Waals surface area (Å²) in [6, 6.07) is 4.66. The van der Waals surface area contributed by atoms with Gasteiger partial charge in [-0.3, -0.25) is 0 Å². The van der Waals surface area contributed by atoms with Gasteiger partial charge in [-0.2, -0.15) is 10.5 Å². The number of allylic oxidation sites excluding steroid dienone is 2. The Morgan fingerprint density at radius 3 is 2.35 bits per heavy atom. The van der Waals surface area contributed by atoms with Crippen LogP contribution in [-0.4, -0.2) is 25.0 Å². The van der Waals surface area contributed by atoms with Gasteiger partial charge < -0.3 is 15.2 Å². The van der Waals surface area contributed by atoms with E-state index in [1.807, 2.05) is 12.2 Å². The van der Waals surface area contributed by atoms with Gasteiger partial charge in [0.05, 0.1) is 25.4 Å². The third-order valence-corrected chi connectivity index (χ3v) is 5.30. The Morgan fingerprint density at radius 1 is 1.15 bits per heavy atom. The van der Waals surface area contributed by atoms with Crippen LogP contribution in [0.2, 0.25) is 0 Å². The quantitative estimate of drug-likeness (QED) is 0.651. The molecule has 2 bridgehead atoms. The molecule has 1 spiro atoms. The van der Waals surface area contributed by atoms with Crippen LogP contribution in [0.25, 0.3) is 0 Å². The number of aliphatic imine (C=N–C) groups is 1. The van der Waals surface area contributed by atoms with Crippen molar-refractivity contribution in [3.05, 3.63) is 12.2 Å². The first-order valence-corrected chi connectivity index (χ1v) is 6.81. The highest BCUT2D eigenvalue weighted by Gasteiger charge is 2.80. The summed E-state index contributed by atoms with van der Waals surface area (Å²) in [4.78, 5) is 4.36. The van der Waals surface area contributed by atoms with E-state index in [1.165, 1.54) is 0 Å². The normalized spacial score (nSPS) is 46.8. The van der Waals surface area contributed by atoms with Gasteiger partial charge in [0.25, 0.3) is 5.91 Å². The van der Waals surface area contributed by atoms with Crippen molar-refractivity contribution in [1.29, 1.82) is 10.5 Å². The minimum absolute atomic E-state index is 0.104. The van der Waals surface area contributed by atoms with Gasteiger partial charge in [0.1, 0.15) is 11.3 Å². The molecule has 1 saturated heterocycles. The Balaban J connectivity index is 2.05. The summed E-state index contributed by atoms with van der Waals surface area (Å²) in [5, 5.41) is 19.9. The van der Waals surface area contributed by atoms with Gasteiger partial charge in [-0.05, 0) is 12.8 Å². The van der Waals surface area contributed by atoms with E-state index in [9.17, 15) is 10.5 Å². The molecule has 20 heavy (non-hydrogen) atoms. The van der Waals surface area contributed by atoms with Gasteiger partial charge in [-0.25, -0.2) is 4.99 Å². The fraction of sp³-hybridized carbons (Fsp3) is 0.643. The van der Waals surface area contributed by atoms with Gasteiger partial charge >= 0.3 is 0 Å². The van der Waals surface area contributed by atoms with Crippen LogP contribution in [0.5, 0.6) is 0 Å². The van der Waals surface area contributed by atoms with E-state index in [1.54, 1.807) is 0 Å². The van der Waals surface area contributed by atoms with Crippen molar-refractivity contribution in [3.63, 3.8) is 0 Å². The smallest absolute Gasteiger partial charge is 0.293 e. The molecule has 2 heterocycles. The van der Waals surface area contributed by atoms with Crippen molar-refractivity contribution in [2.75, 3.05) is 13.2 Å². The van der Waals surface area contributed by atoms with Crippen LogP contribution in [0.3, 0.4) is 0 Å². The van der Waals surface area contributed by atoms with Crippen molar-refractivity contribution in [2.45, 2.75) is 18.8 Å². The SMILES string of the molecule is N#CC12C(N)=NC3(OCCO3)C1(C#N)C1C=CC2CC1. The molecule has 5 aliphatic rings. The summed E-state index contributed by atoms with van der Waals surface area (Å²) in [5.41, 5.74) is 3.81. The molecule has 102 valence electrons. The lowest BCUT2D eigenvalue weighted by Gasteiger charge is -2.54. The van der Waals surface area contributed by atoms with Crippen LogP contribution in [0.15, 0.2) is 17.1 Å². The lowest BCUT2D eigenvalue weighted by Crippen LogP contribution is -2.64. The fourth-order valence-corrected chi connectivity index (χ4v) is 4.50. The van der Waals surface area contributed by atoms with E-state index in [4.69, 9.17) is 15.2 Å². The minimum Gasteiger partial charge on any atom is -0.386 e. The summed E-state index contributed by atoms with van der Waals surface area (Å²) in [6.07, 6.45) is 5.68. The first-order chi connectivity index (χ1) is 9.67. The van der Waals surface area contributed by atoms with Crippen LogP contribution in [-0.2, 0) is 9.47 Å². The summed E-state index contributed by atoms with van der Waals surface area (Å²) in [7, 11) is 0. The molecule has 2 fully saturated rings. The zero-order valence-corrected chi connectivity index (χ0v) is 10.9. The van der Waals surface area contributed by atoms with E-state index >= 15 is 0 Å². The number of fused-ring (bicyclic) bond motifs is 1. The maximum atomic E-state index is 9.99. The topological polar surface area (TPSA) is 104 Å². The van der Waals surface area contributed by atoms with Crippen LogP contribution in [0.4, 0.5) is 0 Å². The second-order valence-electron chi connectivity index (χ2n) is 5.79. The Kier molecular flexibility index (Phi) is 2.03. The Labute approximate surface area is 116 Å². The number of nitrogens with zero attached hydrogens (tertiary/aromatic N) is 3. The minimum atomic E-state index is -1.41. The summed E-state index contributed by atoms with van der Waals surface area (Å²) < 4.78 is 11.4. The van der Waals surface area contributed by atoms with Crippen molar-refractivity contribution in [3.8, 4) is 12.1 Å². The monoisotopic (exact) mass is 270 g/mol. The standard InChI is InChI=1S/C14H14N4O2/c15-7-12-9-1-3-10(4-2-9)13(12,8-16)14(18-11(12)17)19-5-6-20-14/h1,3,9-10H,2,4-6H2,(H2,17,18). The van der Waals surface area contributed by atoms with Gasteiger partial charge in [0, 0.05) is 11.8 Å². The first kappa shape index (κ1) is 11.9. The average Bonchev–Trinajstić information content (AvgIpc) is 3.04. The average molecular weight is 270 g/mol. The van der Waals surface area contributed by atoms with Crippen molar-refractivity contribution >= 4 is 5.84 Å². The molecule has 1 saturated carbocycles. The molecule has 0 radical (unpaired) electrons. The zero-order valence-electron chi connectivity index (χ0n) is 10.9. The second-order valence-corrected chi connectivity index (χ2v) is 5.79. The first-order valence-electron chi connectivity index (χ1n) is 6.81. The van der Waals surface area contributed by atoms with Crippen LogP contribution >= 0.6 is 0 Å². The van der Waals surface area contributed by atoms with Crippen LogP contribution in [0.1, 0.15) is 12.8 Å². The largest absolute Gasteiger partial charge is 0.386 e. The highest BCUT2D eigenvalue weighted by atomic mass is 16.8. The molecule has 0 amide bonds. The van der Waals surface area contributed by atoms with Crippen molar-refractivity contribution in [2.24, 2.45) is 33.4 Å². The molecule has 3 aliphatic carbocycles. The van der Waals surface area contributed by atoms with E-state index in [-0.39, 0.29) is 17.7 Å². The number of rotatable bonds is 0. The molecule has 0 aromatic carbocycles. The molecule has 0 aromatic heterocycles. The summed E-state index contributed by atoms with van der Waals surface area (Å²) >= 11 is 0. The predicted molar refractivity (Wildman–Crippen MR) is 67.7 cm³/mol. The Morgan fingerprint density at radius 2 is 1.80 bits per heavy atom. The molecule has 2 N–H and O–H groups in total. The maximum absolute atomic E-state index is 9.99. The molecular formula is C14H14N4O2. The molecule has 2 aliphatic heterocycles. The van der Waals surface area contributed by atoms with E-state index in [0.29, 0.717) is 13.2 Å². The second kappa shape index (κ2) is 3.41. The molecule has 0 aromatic rings. The number of hydrogen-bond acceptors (Lipinski definition) is 6. The van der Waals surface area contributed by atoms with Gasteiger partial charge in [-0.15, -0.1) is 0 Å². The molecule has 4 unspecified atom stereocenters. The lowest BCUT2D eigenvalue weighted by atomic mass is 9.45. The van der Waals surface area contributed by atoms with Crippen LogP contribution in [0, 0.1) is 45.3 Å². The number of nitrogens with two attached hydrogens (primary N) is 1. The molecule has 6 heteroatoms. The lowest BCUT2D eigenvalue weighted by molar-refractivity contribution is -0.244. The van der Waals surface area contributed by atoms with Crippen molar-refractivity contribution < 1.29 is 9.47 Å². The molecule has 6 nitrogen and oxygen atoms in total. The van der Waals surface area contributed by atoms with Gasteiger partial charge in [0.15, 0.2) is 5.41 Å². The predicted octanol–water partition coefficient (Wildman–Crippen LogP) is 0.674.